The molecular formula is C22H26N4O2. The van der Waals surface area contributed by atoms with Gasteiger partial charge in [0.2, 0.25) is 0 Å². The third kappa shape index (κ3) is 3.73. The molecule has 4 rings (SSSR count). The molecule has 1 saturated heterocycles. The van der Waals surface area contributed by atoms with Crippen molar-refractivity contribution in [2.24, 2.45) is 0 Å². The van der Waals surface area contributed by atoms with E-state index in [1.54, 1.807) is 22.8 Å². The van der Waals surface area contributed by atoms with E-state index >= 15 is 0 Å². The van der Waals surface area contributed by atoms with E-state index in [9.17, 15) is 9.59 Å². The Bertz CT molecular complexity index is 1030. The molecule has 1 aromatic carbocycles. The van der Waals surface area contributed by atoms with Crippen LogP contribution in [0.2, 0.25) is 0 Å². The maximum Gasteiger partial charge on any atom is 0.267 e. The van der Waals surface area contributed by atoms with Crippen LogP contribution in [0.1, 0.15) is 35.8 Å². The van der Waals surface area contributed by atoms with Crippen molar-refractivity contribution in [2.45, 2.75) is 26.2 Å². The van der Waals surface area contributed by atoms with Gasteiger partial charge in [0.25, 0.3) is 11.5 Å². The molecule has 2 N–H and O–H groups in total. The van der Waals surface area contributed by atoms with Gasteiger partial charge < -0.3 is 15.2 Å². The van der Waals surface area contributed by atoms with Gasteiger partial charge in [0.15, 0.2) is 0 Å². The fourth-order valence-corrected chi connectivity index (χ4v) is 3.81. The topological polar surface area (TPSA) is 70.1 Å². The fourth-order valence-electron chi connectivity index (χ4n) is 3.81. The second kappa shape index (κ2) is 8.02. The molecule has 0 saturated carbocycles. The van der Waals surface area contributed by atoms with Crippen molar-refractivity contribution < 1.29 is 4.79 Å². The first-order valence-electron chi connectivity index (χ1n) is 10.0. The lowest BCUT2D eigenvalue weighted by Crippen LogP contribution is -2.33. The van der Waals surface area contributed by atoms with Gasteiger partial charge in [-0.15, -0.1) is 0 Å². The van der Waals surface area contributed by atoms with E-state index in [2.05, 4.69) is 22.1 Å². The molecule has 2 aromatic heterocycles. The number of nitrogens with zero attached hydrogens (tertiary/aromatic N) is 2. The van der Waals surface area contributed by atoms with Crippen molar-refractivity contribution in [1.29, 1.82) is 0 Å². The van der Waals surface area contributed by atoms with E-state index in [4.69, 9.17) is 0 Å². The second-order valence-electron chi connectivity index (χ2n) is 7.32. The monoisotopic (exact) mass is 378 g/mol. The van der Waals surface area contributed by atoms with E-state index in [-0.39, 0.29) is 11.5 Å². The number of hydrogen-bond donors (Lipinski definition) is 2. The van der Waals surface area contributed by atoms with Gasteiger partial charge in [-0.1, -0.05) is 19.1 Å². The molecule has 3 aromatic rings. The number of nitrogens with one attached hydrogen (secondary N) is 2. The molecule has 0 radical (unpaired) electrons. The minimum Gasteiger partial charge on any atom is -0.349 e. The molecule has 1 aliphatic rings. The maximum absolute atomic E-state index is 12.6. The predicted molar refractivity (Wildman–Crippen MR) is 111 cm³/mol. The average molecular weight is 378 g/mol. The Balaban J connectivity index is 1.57. The number of aryl methyl sites for hydroxylation is 1. The molecule has 1 amide bonds. The van der Waals surface area contributed by atoms with Crippen molar-refractivity contribution in [2.75, 3.05) is 26.2 Å². The first kappa shape index (κ1) is 18.5. The zero-order valence-electron chi connectivity index (χ0n) is 16.2. The van der Waals surface area contributed by atoms with Gasteiger partial charge >= 0.3 is 0 Å². The lowest BCUT2D eigenvalue weighted by Gasteiger charge is -2.14. The number of carbonyl (C=O) groups is 1. The largest absolute Gasteiger partial charge is 0.349 e. The minimum atomic E-state index is -0.143. The highest BCUT2D eigenvalue weighted by Gasteiger charge is 2.15. The van der Waals surface area contributed by atoms with Crippen LogP contribution in [0, 0.1) is 0 Å². The molecule has 3 heterocycles. The van der Waals surface area contributed by atoms with Crippen molar-refractivity contribution in [3.8, 4) is 5.69 Å². The highest BCUT2D eigenvalue weighted by atomic mass is 16.2. The summed E-state index contributed by atoms with van der Waals surface area (Å²) in [6.07, 6.45) is 3.43. The summed E-state index contributed by atoms with van der Waals surface area (Å²) in [5.41, 5.74) is 2.99. The lowest BCUT2D eigenvalue weighted by atomic mass is 10.1. The van der Waals surface area contributed by atoms with Gasteiger partial charge in [-0.05, 0) is 62.2 Å². The van der Waals surface area contributed by atoms with Crippen molar-refractivity contribution in [3.05, 3.63) is 64.1 Å². The molecule has 0 unspecified atom stereocenters. The Kier molecular flexibility index (Phi) is 5.30. The highest BCUT2D eigenvalue weighted by Crippen LogP contribution is 2.18. The summed E-state index contributed by atoms with van der Waals surface area (Å²) in [5.74, 6) is -0.143. The zero-order valence-corrected chi connectivity index (χ0v) is 16.2. The van der Waals surface area contributed by atoms with Gasteiger partial charge in [0.05, 0.1) is 5.69 Å². The number of carbonyl (C=O) groups excluding carboxylic acids is 1. The van der Waals surface area contributed by atoms with Crippen LogP contribution in [-0.4, -0.2) is 46.5 Å². The number of pyridine rings is 1. The maximum atomic E-state index is 12.6. The number of H-pyrrole nitrogens is 1. The predicted octanol–water partition coefficient (Wildman–Crippen LogP) is 2.71. The Morgan fingerprint density at radius 3 is 2.57 bits per heavy atom. The van der Waals surface area contributed by atoms with Crippen LogP contribution in [0.3, 0.4) is 0 Å². The van der Waals surface area contributed by atoms with E-state index < -0.39 is 0 Å². The van der Waals surface area contributed by atoms with Gasteiger partial charge in [-0.25, -0.2) is 0 Å². The van der Waals surface area contributed by atoms with Gasteiger partial charge in [0, 0.05) is 24.5 Å². The van der Waals surface area contributed by atoms with E-state index in [1.165, 1.54) is 18.4 Å². The number of rotatable bonds is 6. The van der Waals surface area contributed by atoms with Crippen LogP contribution in [0.5, 0.6) is 0 Å². The van der Waals surface area contributed by atoms with Crippen LogP contribution in [0.15, 0.2) is 47.3 Å². The Hall–Kier alpha value is -2.86. The third-order valence-electron chi connectivity index (χ3n) is 5.44. The summed E-state index contributed by atoms with van der Waals surface area (Å²) < 4.78 is 1.62. The van der Waals surface area contributed by atoms with Crippen molar-refractivity contribution in [3.63, 3.8) is 0 Å². The lowest BCUT2D eigenvalue weighted by molar-refractivity contribution is 0.0945. The van der Waals surface area contributed by atoms with Crippen LogP contribution < -0.4 is 10.9 Å². The van der Waals surface area contributed by atoms with Gasteiger partial charge in [-0.3, -0.25) is 14.2 Å². The van der Waals surface area contributed by atoms with Crippen LogP contribution >= 0.6 is 0 Å². The number of benzene rings is 1. The summed E-state index contributed by atoms with van der Waals surface area (Å²) in [5, 5.41) is 3.81. The smallest absolute Gasteiger partial charge is 0.267 e. The number of likely N-dealkylation sites (tertiary alicyclic amines) is 1. The molecule has 146 valence electrons. The Morgan fingerprint density at radius 1 is 1.11 bits per heavy atom. The van der Waals surface area contributed by atoms with E-state index in [0.29, 0.717) is 17.9 Å². The number of hydrogen-bond acceptors (Lipinski definition) is 3. The molecule has 6 nitrogen and oxygen atoms in total. The number of aromatic nitrogens is 2. The molecule has 1 fully saturated rings. The molecule has 28 heavy (non-hydrogen) atoms. The highest BCUT2D eigenvalue weighted by molar-refractivity contribution is 5.97. The quantitative estimate of drug-likeness (QED) is 0.693. The molecule has 0 bridgehead atoms. The first-order chi connectivity index (χ1) is 13.7. The summed E-state index contributed by atoms with van der Waals surface area (Å²) in [4.78, 5) is 30.6. The SMILES string of the molecule is CCc1ccc(-n2c(=O)ccc3cc(C(=O)NCCN4CCCC4)[nH]c32)cc1. The second-order valence-corrected chi connectivity index (χ2v) is 7.32. The average Bonchev–Trinajstić information content (AvgIpc) is 3.38. The number of aromatic amines is 1. The van der Waals surface area contributed by atoms with Crippen LogP contribution in [0.25, 0.3) is 16.7 Å². The molecule has 0 spiro atoms. The minimum absolute atomic E-state index is 0.125. The van der Waals surface area contributed by atoms with E-state index in [1.807, 2.05) is 24.3 Å². The van der Waals surface area contributed by atoms with Gasteiger partial charge in [0.1, 0.15) is 11.3 Å². The summed E-state index contributed by atoms with van der Waals surface area (Å²) in [6, 6.07) is 13.0. The van der Waals surface area contributed by atoms with Crippen LogP contribution in [-0.2, 0) is 6.42 Å². The Morgan fingerprint density at radius 2 is 1.86 bits per heavy atom. The first-order valence-corrected chi connectivity index (χ1v) is 10.0. The van der Waals surface area contributed by atoms with Crippen molar-refractivity contribution >= 4 is 16.9 Å². The molecule has 0 atom stereocenters. The summed E-state index contributed by atoms with van der Waals surface area (Å²) in [6.45, 7) is 5.83. The number of amides is 1. The van der Waals surface area contributed by atoms with E-state index in [0.717, 1.165) is 37.1 Å². The normalized spacial score (nSPS) is 14.6. The number of fused-ring (bicyclic) bond motifs is 1. The third-order valence-corrected chi connectivity index (χ3v) is 5.44. The van der Waals surface area contributed by atoms with Crippen LogP contribution in [0.4, 0.5) is 0 Å². The summed E-state index contributed by atoms with van der Waals surface area (Å²) >= 11 is 0. The Labute approximate surface area is 164 Å². The van der Waals surface area contributed by atoms with Gasteiger partial charge in [-0.2, -0.15) is 0 Å². The zero-order chi connectivity index (χ0) is 19.5. The molecule has 1 aliphatic heterocycles. The van der Waals surface area contributed by atoms with Crippen molar-refractivity contribution in [1.82, 2.24) is 19.8 Å². The standard InChI is InChI=1S/C22H26N4O2/c1-2-16-5-8-18(9-6-16)26-20(27)10-7-17-15-19(24-21(17)26)22(28)23-11-14-25-12-3-4-13-25/h5-10,15,24H,2-4,11-14H2,1H3,(H,23,28). The molecule has 6 heteroatoms. The fraction of sp³-hybridized carbons (Fsp3) is 0.364. The molecular weight excluding hydrogens is 352 g/mol. The summed E-state index contributed by atoms with van der Waals surface area (Å²) in [7, 11) is 0. The molecule has 0 aliphatic carbocycles.